The Bertz CT molecular complexity index is 762. The van der Waals surface area contributed by atoms with E-state index in [0.29, 0.717) is 22.3 Å². The fraction of sp³-hybridized carbons (Fsp3) is 0. The van der Waals surface area contributed by atoms with E-state index < -0.39 is 5.91 Å². The number of carbonyl (C=O) groups excluding carboxylic acids is 1. The lowest BCUT2D eigenvalue weighted by Gasteiger charge is -2.04. The van der Waals surface area contributed by atoms with Crippen LogP contribution in [-0.2, 0) is 0 Å². The van der Waals surface area contributed by atoms with Crippen molar-refractivity contribution >= 4 is 16.9 Å². The second-order valence-electron chi connectivity index (χ2n) is 4.10. The van der Waals surface area contributed by atoms with E-state index in [-0.39, 0.29) is 5.75 Å². The number of pyridine rings is 1. The van der Waals surface area contributed by atoms with Gasteiger partial charge in [-0.05, 0) is 30.3 Å². The number of carbonyl (C=O) groups is 1. The van der Waals surface area contributed by atoms with Gasteiger partial charge in [0.1, 0.15) is 5.75 Å². The number of benzene rings is 1. The maximum absolute atomic E-state index is 11.5. The van der Waals surface area contributed by atoms with Crippen molar-refractivity contribution in [2.24, 2.45) is 5.73 Å². The third-order valence-electron chi connectivity index (χ3n) is 2.85. The zero-order valence-corrected chi connectivity index (χ0v) is 9.79. The molecular weight excluding hydrogens is 244 g/mol. The number of phenols is 1. The number of amides is 1. The van der Waals surface area contributed by atoms with Crippen molar-refractivity contribution in [1.29, 1.82) is 0 Å². The first kappa shape index (κ1) is 11.2. The Hall–Kier alpha value is -2.89. The van der Waals surface area contributed by atoms with Crippen LogP contribution >= 0.6 is 0 Å². The van der Waals surface area contributed by atoms with E-state index in [2.05, 4.69) is 15.2 Å². The lowest BCUT2D eigenvalue weighted by Crippen LogP contribution is -2.11. The molecule has 0 aliphatic rings. The fourth-order valence-corrected chi connectivity index (χ4v) is 1.91. The number of phenolic OH excluding ortho intramolecular Hbond substituents is 1. The number of aromatic amines is 1. The predicted molar refractivity (Wildman–Crippen MR) is 69.5 cm³/mol. The minimum Gasteiger partial charge on any atom is -0.508 e. The number of aromatic hydroxyl groups is 1. The molecule has 2 aromatic heterocycles. The molecule has 0 saturated carbocycles. The molecule has 0 spiro atoms. The highest BCUT2D eigenvalue weighted by molar-refractivity contribution is 6.05. The second-order valence-corrected chi connectivity index (χ2v) is 4.10. The molecule has 6 heteroatoms. The van der Waals surface area contributed by atoms with Crippen LogP contribution < -0.4 is 5.73 Å². The van der Waals surface area contributed by atoms with Crippen molar-refractivity contribution in [2.75, 3.05) is 0 Å². The van der Waals surface area contributed by atoms with E-state index in [9.17, 15) is 9.90 Å². The highest BCUT2D eigenvalue weighted by Crippen LogP contribution is 2.24. The Morgan fingerprint density at radius 3 is 2.68 bits per heavy atom. The highest BCUT2D eigenvalue weighted by atomic mass is 16.3. The van der Waals surface area contributed by atoms with Gasteiger partial charge in [-0.1, -0.05) is 0 Å². The van der Waals surface area contributed by atoms with Crippen LogP contribution in [0.25, 0.3) is 22.3 Å². The van der Waals surface area contributed by atoms with Gasteiger partial charge in [-0.25, -0.2) is 4.98 Å². The maximum Gasteiger partial charge on any atom is 0.249 e. The van der Waals surface area contributed by atoms with Gasteiger partial charge in [0.05, 0.1) is 22.8 Å². The molecule has 0 fully saturated rings. The molecule has 0 aliphatic heterocycles. The topological polar surface area (TPSA) is 105 Å². The van der Waals surface area contributed by atoms with E-state index in [1.165, 1.54) is 6.20 Å². The van der Waals surface area contributed by atoms with Gasteiger partial charge in [0.25, 0.3) is 0 Å². The summed E-state index contributed by atoms with van der Waals surface area (Å²) in [5.41, 5.74) is 7.59. The SMILES string of the molecule is NC(=O)c1cc(-c2ccc(O)cc2)nc2[nH]ncc12. The van der Waals surface area contributed by atoms with Crippen LogP contribution in [0.5, 0.6) is 5.75 Å². The molecule has 3 aromatic rings. The van der Waals surface area contributed by atoms with Crippen LogP contribution in [0, 0.1) is 0 Å². The van der Waals surface area contributed by atoms with Crippen molar-refractivity contribution in [3.05, 3.63) is 42.1 Å². The van der Waals surface area contributed by atoms with Gasteiger partial charge in [-0.15, -0.1) is 0 Å². The largest absolute Gasteiger partial charge is 0.508 e. The van der Waals surface area contributed by atoms with Crippen LogP contribution in [0.1, 0.15) is 10.4 Å². The third kappa shape index (κ3) is 1.89. The number of H-pyrrole nitrogens is 1. The maximum atomic E-state index is 11.5. The number of aromatic nitrogens is 3. The molecule has 0 bridgehead atoms. The first-order valence-electron chi connectivity index (χ1n) is 5.58. The van der Waals surface area contributed by atoms with Crippen LogP contribution in [-0.4, -0.2) is 26.2 Å². The molecule has 0 radical (unpaired) electrons. The normalized spacial score (nSPS) is 10.7. The van der Waals surface area contributed by atoms with Crippen molar-refractivity contribution in [2.45, 2.75) is 0 Å². The van der Waals surface area contributed by atoms with E-state index in [0.717, 1.165) is 5.56 Å². The summed E-state index contributed by atoms with van der Waals surface area (Å²) in [5.74, 6) is -0.365. The van der Waals surface area contributed by atoms with Gasteiger partial charge in [0.2, 0.25) is 5.91 Å². The summed E-state index contributed by atoms with van der Waals surface area (Å²) >= 11 is 0. The first-order valence-corrected chi connectivity index (χ1v) is 5.58. The van der Waals surface area contributed by atoms with Gasteiger partial charge in [0.15, 0.2) is 5.65 Å². The number of primary amides is 1. The minimum absolute atomic E-state index is 0.168. The molecule has 1 aromatic carbocycles. The van der Waals surface area contributed by atoms with Gasteiger partial charge in [0, 0.05) is 5.56 Å². The average Bonchev–Trinajstić information content (AvgIpc) is 2.86. The Kier molecular flexibility index (Phi) is 2.42. The molecule has 6 nitrogen and oxygen atoms in total. The lowest BCUT2D eigenvalue weighted by molar-refractivity contribution is 0.100. The Labute approximate surface area is 107 Å². The summed E-state index contributed by atoms with van der Waals surface area (Å²) in [6.45, 7) is 0. The van der Waals surface area contributed by atoms with Gasteiger partial charge in [-0.2, -0.15) is 5.10 Å². The number of hydrogen-bond donors (Lipinski definition) is 3. The Morgan fingerprint density at radius 1 is 1.26 bits per heavy atom. The van der Waals surface area contributed by atoms with Crippen molar-refractivity contribution < 1.29 is 9.90 Å². The van der Waals surface area contributed by atoms with Gasteiger partial charge >= 0.3 is 0 Å². The zero-order chi connectivity index (χ0) is 13.4. The average molecular weight is 254 g/mol. The van der Waals surface area contributed by atoms with E-state index in [1.54, 1.807) is 30.3 Å². The molecule has 4 N–H and O–H groups in total. The van der Waals surface area contributed by atoms with Crippen LogP contribution in [0.3, 0.4) is 0 Å². The minimum atomic E-state index is -0.533. The summed E-state index contributed by atoms with van der Waals surface area (Å²) in [5, 5.41) is 16.4. The Balaban J connectivity index is 2.24. The quantitative estimate of drug-likeness (QED) is 0.643. The second kappa shape index (κ2) is 4.09. The number of rotatable bonds is 2. The standard InChI is InChI=1S/C13H10N4O2/c14-12(19)9-5-11(7-1-3-8(18)4-2-7)16-13-10(9)6-15-17-13/h1-6,18H,(H2,14,19)(H,15,16,17). The molecule has 19 heavy (non-hydrogen) atoms. The lowest BCUT2D eigenvalue weighted by atomic mass is 10.1. The van der Waals surface area contributed by atoms with Gasteiger partial charge < -0.3 is 10.8 Å². The Morgan fingerprint density at radius 2 is 2.00 bits per heavy atom. The highest BCUT2D eigenvalue weighted by Gasteiger charge is 2.12. The molecule has 0 unspecified atom stereocenters. The fourth-order valence-electron chi connectivity index (χ4n) is 1.91. The smallest absolute Gasteiger partial charge is 0.249 e. The van der Waals surface area contributed by atoms with E-state index >= 15 is 0 Å². The number of hydrogen-bond acceptors (Lipinski definition) is 4. The van der Waals surface area contributed by atoms with Crippen molar-refractivity contribution in [3.63, 3.8) is 0 Å². The van der Waals surface area contributed by atoms with Crippen LogP contribution in [0.15, 0.2) is 36.5 Å². The predicted octanol–water partition coefficient (Wildman–Crippen LogP) is 1.43. The number of nitrogens with one attached hydrogen (secondary N) is 1. The monoisotopic (exact) mass is 254 g/mol. The molecule has 3 rings (SSSR count). The van der Waals surface area contributed by atoms with Crippen molar-refractivity contribution in [1.82, 2.24) is 15.2 Å². The molecule has 94 valence electrons. The summed E-state index contributed by atoms with van der Waals surface area (Å²) in [4.78, 5) is 15.8. The van der Waals surface area contributed by atoms with E-state index in [4.69, 9.17) is 5.73 Å². The third-order valence-corrected chi connectivity index (χ3v) is 2.85. The first-order chi connectivity index (χ1) is 9.15. The number of nitrogens with two attached hydrogens (primary N) is 1. The summed E-state index contributed by atoms with van der Waals surface area (Å²) in [6.07, 6.45) is 1.52. The van der Waals surface area contributed by atoms with E-state index in [1.807, 2.05) is 0 Å². The summed E-state index contributed by atoms with van der Waals surface area (Å²) in [6, 6.07) is 8.15. The molecule has 1 amide bonds. The molecule has 0 saturated heterocycles. The summed E-state index contributed by atoms with van der Waals surface area (Å²) < 4.78 is 0. The number of fused-ring (bicyclic) bond motifs is 1. The van der Waals surface area contributed by atoms with Crippen LogP contribution in [0.4, 0.5) is 0 Å². The molecular formula is C13H10N4O2. The molecule has 2 heterocycles. The zero-order valence-electron chi connectivity index (χ0n) is 9.79. The summed E-state index contributed by atoms with van der Waals surface area (Å²) in [7, 11) is 0. The van der Waals surface area contributed by atoms with Crippen molar-refractivity contribution in [3.8, 4) is 17.0 Å². The molecule has 0 atom stereocenters. The number of nitrogens with zero attached hydrogens (tertiary/aromatic N) is 2. The van der Waals surface area contributed by atoms with Crippen LogP contribution in [0.2, 0.25) is 0 Å². The molecule has 0 aliphatic carbocycles. The van der Waals surface area contributed by atoms with Gasteiger partial charge in [-0.3, -0.25) is 9.89 Å².